The Morgan fingerprint density at radius 3 is 2.76 bits per heavy atom. The van der Waals surface area contributed by atoms with Crippen molar-refractivity contribution in [2.75, 3.05) is 17.2 Å². The number of benzene rings is 2. The van der Waals surface area contributed by atoms with E-state index in [0.717, 1.165) is 11.3 Å². The number of carbonyl (C=O) groups excluding carboxylic acids is 2. The van der Waals surface area contributed by atoms with Crippen LogP contribution in [0, 0.1) is 0 Å². The average Bonchev–Trinajstić information content (AvgIpc) is 2.66. The zero-order valence-electron chi connectivity index (χ0n) is 15.3. The number of anilines is 2. The fourth-order valence-corrected chi connectivity index (χ4v) is 3.49. The second-order valence-electron chi connectivity index (χ2n) is 6.41. The number of alkyl halides is 3. The summed E-state index contributed by atoms with van der Waals surface area (Å²) in [6.07, 6.45) is 1.61. The van der Waals surface area contributed by atoms with E-state index in [1.807, 2.05) is 6.07 Å². The van der Waals surface area contributed by atoms with Crippen molar-refractivity contribution in [3.63, 3.8) is 0 Å². The molecule has 0 aromatic heterocycles. The molecule has 1 heterocycles. The number of carbonyl (C=O) groups is 2. The number of hydrogen-bond donors (Lipinski definition) is 2. The summed E-state index contributed by atoms with van der Waals surface area (Å²) >= 11 is -0.259. The Hall–Kier alpha value is -2.68. The second-order valence-corrected chi connectivity index (χ2v) is 7.52. The maximum atomic E-state index is 12.6. The van der Waals surface area contributed by atoms with Gasteiger partial charge in [0.1, 0.15) is 5.75 Å². The third-order valence-electron chi connectivity index (χ3n) is 4.18. The number of fused-ring (bicyclic) bond motifs is 1. The predicted octanol–water partition coefficient (Wildman–Crippen LogP) is 4.98. The molecule has 2 aromatic carbocycles. The van der Waals surface area contributed by atoms with Crippen molar-refractivity contribution >= 4 is 35.0 Å². The van der Waals surface area contributed by atoms with Gasteiger partial charge in [0.2, 0.25) is 11.8 Å². The smallest absolute Gasteiger partial charge is 0.446 e. The van der Waals surface area contributed by atoms with Crippen molar-refractivity contribution in [1.82, 2.24) is 0 Å². The van der Waals surface area contributed by atoms with Crippen LogP contribution in [-0.4, -0.2) is 23.9 Å². The molecule has 0 unspecified atom stereocenters. The lowest BCUT2D eigenvalue weighted by Gasteiger charge is -2.17. The molecule has 2 aromatic rings. The molecule has 2 amide bonds. The van der Waals surface area contributed by atoms with E-state index in [-0.39, 0.29) is 47.2 Å². The lowest BCUT2D eigenvalue weighted by Crippen LogP contribution is -2.18. The summed E-state index contributed by atoms with van der Waals surface area (Å²) in [7, 11) is 0. The van der Waals surface area contributed by atoms with E-state index in [9.17, 15) is 22.8 Å². The molecule has 29 heavy (non-hydrogen) atoms. The van der Waals surface area contributed by atoms with Crippen LogP contribution >= 0.6 is 11.8 Å². The van der Waals surface area contributed by atoms with Gasteiger partial charge in [0, 0.05) is 23.4 Å². The molecular formula is C20H19F3N2O3S. The van der Waals surface area contributed by atoms with Crippen molar-refractivity contribution in [1.29, 1.82) is 0 Å². The van der Waals surface area contributed by atoms with E-state index in [0.29, 0.717) is 25.0 Å². The van der Waals surface area contributed by atoms with E-state index < -0.39 is 5.51 Å². The molecule has 154 valence electrons. The number of amides is 2. The highest BCUT2D eigenvalue weighted by molar-refractivity contribution is 8.00. The van der Waals surface area contributed by atoms with E-state index >= 15 is 0 Å². The van der Waals surface area contributed by atoms with Gasteiger partial charge in [0.05, 0.1) is 12.3 Å². The number of aryl methyl sites for hydroxylation is 1. The lowest BCUT2D eigenvalue weighted by molar-refractivity contribution is -0.117. The Bertz CT molecular complexity index is 903. The Morgan fingerprint density at radius 2 is 1.97 bits per heavy atom. The zero-order chi connectivity index (χ0) is 20.9. The van der Waals surface area contributed by atoms with Crippen LogP contribution < -0.4 is 15.4 Å². The number of para-hydroxylation sites is 1. The minimum absolute atomic E-state index is 0.00705. The first-order valence-electron chi connectivity index (χ1n) is 9.00. The van der Waals surface area contributed by atoms with Gasteiger partial charge in [-0.05, 0) is 60.5 Å². The number of ether oxygens (including phenoxy) is 1. The Morgan fingerprint density at radius 1 is 1.17 bits per heavy atom. The maximum absolute atomic E-state index is 12.6. The first-order valence-corrected chi connectivity index (χ1v) is 9.82. The standard InChI is InChI=1S/C20H19F3N2O3S/c21-20(22,23)29-17-5-2-1-4-16(17)25-18(26)6-3-11-28-14-8-9-15-13(12-14)7-10-19(27)24-15/h1-2,4-5,8-9,12H,3,6-7,10-11H2,(H,24,27)(H,25,26). The molecular weight excluding hydrogens is 405 g/mol. The third-order valence-corrected chi connectivity index (χ3v) is 4.98. The maximum Gasteiger partial charge on any atom is 0.446 e. The summed E-state index contributed by atoms with van der Waals surface area (Å²) in [6.45, 7) is 0.289. The molecule has 0 spiro atoms. The van der Waals surface area contributed by atoms with Crippen molar-refractivity contribution in [3.8, 4) is 5.75 Å². The predicted molar refractivity (Wildman–Crippen MR) is 105 cm³/mol. The van der Waals surface area contributed by atoms with Crippen molar-refractivity contribution < 1.29 is 27.5 Å². The summed E-state index contributed by atoms with van der Waals surface area (Å²) in [5.41, 5.74) is -2.51. The third kappa shape index (κ3) is 6.42. The Labute approximate surface area is 170 Å². The number of thioether (sulfide) groups is 1. The van der Waals surface area contributed by atoms with Gasteiger partial charge in [-0.25, -0.2) is 0 Å². The molecule has 1 aliphatic heterocycles. The highest BCUT2D eigenvalue weighted by Crippen LogP contribution is 2.40. The monoisotopic (exact) mass is 424 g/mol. The Balaban J connectivity index is 1.46. The number of hydrogen-bond acceptors (Lipinski definition) is 4. The second kappa shape index (κ2) is 9.21. The van der Waals surface area contributed by atoms with Crippen LogP contribution in [0.25, 0.3) is 0 Å². The largest absolute Gasteiger partial charge is 0.494 e. The summed E-state index contributed by atoms with van der Waals surface area (Å²) < 4.78 is 43.5. The van der Waals surface area contributed by atoms with Crippen molar-refractivity contribution in [2.45, 2.75) is 36.1 Å². The highest BCUT2D eigenvalue weighted by atomic mass is 32.2. The van der Waals surface area contributed by atoms with Crippen LogP contribution in [0.4, 0.5) is 24.5 Å². The normalized spacial score (nSPS) is 13.4. The molecule has 5 nitrogen and oxygen atoms in total. The van der Waals surface area contributed by atoms with Gasteiger partial charge in [0.25, 0.3) is 0 Å². The first-order chi connectivity index (χ1) is 13.8. The van der Waals surface area contributed by atoms with Crippen LogP contribution in [0.1, 0.15) is 24.8 Å². The van der Waals surface area contributed by atoms with Crippen LogP contribution in [0.15, 0.2) is 47.4 Å². The highest BCUT2D eigenvalue weighted by Gasteiger charge is 2.30. The minimum Gasteiger partial charge on any atom is -0.494 e. The van der Waals surface area contributed by atoms with Crippen molar-refractivity contribution in [3.05, 3.63) is 48.0 Å². The molecule has 3 rings (SSSR count). The molecule has 0 saturated carbocycles. The number of halogens is 3. The van der Waals surface area contributed by atoms with E-state index in [1.165, 1.54) is 18.2 Å². The molecule has 0 atom stereocenters. The van der Waals surface area contributed by atoms with Gasteiger partial charge in [-0.3, -0.25) is 9.59 Å². The van der Waals surface area contributed by atoms with E-state index in [1.54, 1.807) is 18.2 Å². The van der Waals surface area contributed by atoms with Gasteiger partial charge in [0.15, 0.2) is 0 Å². The van der Waals surface area contributed by atoms with Gasteiger partial charge in [-0.15, -0.1) is 0 Å². The molecule has 0 aliphatic carbocycles. The lowest BCUT2D eigenvalue weighted by atomic mass is 10.0. The van der Waals surface area contributed by atoms with E-state index in [4.69, 9.17) is 4.74 Å². The van der Waals surface area contributed by atoms with Gasteiger partial charge < -0.3 is 15.4 Å². The van der Waals surface area contributed by atoms with Crippen LogP contribution in [-0.2, 0) is 16.0 Å². The van der Waals surface area contributed by atoms with Crippen LogP contribution in [0.3, 0.4) is 0 Å². The number of rotatable bonds is 7. The summed E-state index contributed by atoms with van der Waals surface area (Å²) in [5.74, 6) is 0.261. The van der Waals surface area contributed by atoms with Gasteiger partial charge >= 0.3 is 5.51 Å². The van der Waals surface area contributed by atoms with Gasteiger partial charge in [-0.2, -0.15) is 13.2 Å². The fourth-order valence-electron chi connectivity index (χ4n) is 2.87. The molecule has 0 fully saturated rings. The van der Waals surface area contributed by atoms with Crippen molar-refractivity contribution in [2.24, 2.45) is 0 Å². The summed E-state index contributed by atoms with van der Waals surface area (Å²) in [4.78, 5) is 23.4. The Kier molecular flexibility index (Phi) is 6.68. The fraction of sp³-hybridized carbons (Fsp3) is 0.300. The summed E-state index contributed by atoms with van der Waals surface area (Å²) in [6, 6.07) is 11.2. The van der Waals surface area contributed by atoms with E-state index in [2.05, 4.69) is 10.6 Å². The molecule has 0 radical (unpaired) electrons. The van der Waals surface area contributed by atoms with Crippen LogP contribution in [0.2, 0.25) is 0 Å². The zero-order valence-corrected chi connectivity index (χ0v) is 16.2. The minimum atomic E-state index is -4.42. The molecule has 2 N–H and O–H groups in total. The quantitative estimate of drug-likeness (QED) is 0.486. The summed E-state index contributed by atoms with van der Waals surface area (Å²) in [5, 5.41) is 5.31. The molecule has 0 bridgehead atoms. The SMILES string of the molecule is O=C1CCc2cc(OCCCC(=O)Nc3ccccc3SC(F)(F)F)ccc2N1. The molecule has 0 saturated heterocycles. The van der Waals surface area contributed by atoms with Gasteiger partial charge in [-0.1, -0.05) is 12.1 Å². The topological polar surface area (TPSA) is 67.4 Å². The first kappa shape index (κ1) is 21.0. The molecule has 1 aliphatic rings. The number of nitrogens with one attached hydrogen (secondary N) is 2. The van der Waals surface area contributed by atoms with Crippen LogP contribution in [0.5, 0.6) is 5.75 Å². The molecule has 9 heteroatoms. The average molecular weight is 424 g/mol.